The van der Waals surface area contributed by atoms with Gasteiger partial charge in [0.15, 0.2) is 11.6 Å². The second-order valence-corrected chi connectivity index (χ2v) is 7.08. The number of amides is 1. The standard InChI is InChI=1S/C19H24ClN3O3/c1-23(12-13-4-3-5-13)19(24)16-17(14-6-8-15(20)9-7-14)26-22-18(16)21-10-11-25-2/h6-9,13H,3-5,10-12H2,1-2H3,(H,21,22). The normalized spacial score (nSPS) is 14.1. The summed E-state index contributed by atoms with van der Waals surface area (Å²) in [5.41, 5.74) is 1.22. The molecule has 1 fully saturated rings. The predicted molar refractivity (Wildman–Crippen MR) is 102 cm³/mol. The summed E-state index contributed by atoms with van der Waals surface area (Å²) in [7, 11) is 3.46. The number of aromatic nitrogens is 1. The van der Waals surface area contributed by atoms with E-state index >= 15 is 0 Å². The summed E-state index contributed by atoms with van der Waals surface area (Å²) in [6, 6.07) is 7.18. The zero-order chi connectivity index (χ0) is 18.5. The lowest BCUT2D eigenvalue weighted by Gasteiger charge is -2.30. The predicted octanol–water partition coefficient (Wildman–Crippen LogP) is 3.93. The van der Waals surface area contributed by atoms with Gasteiger partial charge in [0.05, 0.1) is 6.61 Å². The number of anilines is 1. The van der Waals surface area contributed by atoms with Gasteiger partial charge < -0.3 is 19.5 Å². The average Bonchev–Trinajstić information content (AvgIpc) is 3.02. The van der Waals surface area contributed by atoms with E-state index < -0.39 is 0 Å². The first-order valence-corrected chi connectivity index (χ1v) is 9.22. The third-order valence-corrected chi connectivity index (χ3v) is 4.97. The molecule has 1 aromatic carbocycles. The van der Waals surface area contributed by atoms with Crippen molar-refractivity contribution >= 4 is 23.3 Å². The van der Waals surface area contributed by atoms with Crippen LogP contribution < -0.4 is 5.32 Å². The van der Waals surface area contributed by atoms with Crippen molar-refractivity contribution in [3.05, 3.63) is 34.9 Å². The third kappa shape index (κ3) is 4.19. The van der Waals surface area contributed by atoms with E-state index in [1.54, 1.807) is 24.1 Å². The lowest BCUT2D eigenvalue weighted by Crippen LogP contribution is -2.34. The van der Waals surface area contributed by atoms with Crippen LogP contribution >= 0.6 is 11.6 Å². The second-order valence-electron chi connectivity index (χ2n) is 6.64. The average molecular weight is 378 g/mol. The number of nitrogens with zero attached hydrogens (tertiary/aromatic N) is 2. The van der Waals surface area contributed by atoms with E-state index in [-0.39, 0.29) is 5.91 Å². The van der Waals surface area contributed by atoms with Gasteiger partial charge in [-0.1, -0.05) is 23.2 Å². The fraction of sp³-hybridized carbons (Fsp3) is 0.474. The molecule has 0 radical (unpaired) electrons. The van der Waals surface area contributed by atoms with E-state index in [1.165, 1.54) is 19.3 Å². The Bertz CT molecular complexity index is 741. The van der Waals surface area contributed by atoms with Crippen LogP contribution in [-0.4, -0.2) is 49.8 Å². The minimum Gasteiger partial charge on any atom is -0.383 e. The maximum Gasteiger partial charge on any atom is 0.261 e. The van der Waals surface area contributed by atoms with Gasteiger partial charge in [0.2, 0.25) is 0 Å². The highest BCUT2D eigenvalue weighted by atomic mass is 35.5. The molecule has 1 aliphatic carbocycles. The van der Waals surface area contributed by atoms with E-state index in [0.717, 1.165) is 12.1 Å². The SMILES string of the molecule is COCCNc1noc(-c2ccc(Cl)cc2)c1C(=O)N(C)CC1CCC1. The van der Waals surface area contributed by atoms with Crippen molar-refractivity contribution in [2.45, 2.75) is 19.3 Å². The summed E-state index contributed by atoms with van der Waals surface area (Å²) >= 11 is 5.97. The number of carbonyl (C=O) groups is 1. The molecule has 0 unspecified atom stereocenters. The molecule has 0 atom stereocenters. The molecule has 1 heterocycles. The molecular formula is C19H24ClN3O3. The second kappa shape index (κ2) is 8.56. The molecule has 2 aromatic rings. The Kier molecular flexibility index (Phi) is 6.16. The molecule has 6 nitrogen and oxygen atoms in total. The monoisotopic (exact) mass is 377 g/mol. The number of hydrogen-bond acceptors (Lipinski definition) is 5. The zero-order valence-electron chi connectivity index (χ0n) is 15.1. The molecule has 0 saturated heterocycles. The molecule has 1 aromatic heterocycles. The molecule has 7 heteroatoms. The first kappa shape index (κ1) is 18.7. The van der Waals surface area contributed by atoms with Gasteiger partial charge in [-0.3, -0.25) is 4.79 Å². The fourth-order valence-electron chi connectivity index (χ4n) is 3.02. The number of methoxy groups -OCH3 is 1. The maximum atomic E-state index is 13.1. The smallest absolute Gasteiger partial charge is 0.261 e. The zero-order valence-corrected chi connectivity index (χ0v) is 15.9. The molecule has 140 valence electrons. The molecule has 1 amide bonds. The minimum absolute atomic E-state index is 0.0944. The fourth-order valence-corrected chi connectivity index (χ4v) is 3.14. The Hall–Kier alpha value is -2.05. The molecule has 0 bridgehead atoms. The van der Waals surface area contributed by atoms with Crippen molar-refractivity contribution in [1.29, 1.82) is 0 Å². The number of hydrogen-bond donors (Lipinski definition) is 1. The molecule has 0 spiro atoms. The van der Waals surface area contributed by atoms with Crippen LogP contribution in [0.1, 0.15) is 29.6 Å². The van der Waals surface area contributed by atoms with Crippen LogP contribution in [0.5, 0.6) is 0 Å². The van der Waals surface area contributed by atoms with Crippen molar-refractivity contribution in [3.8, 4) is 11.3 Å². The quantitative estimate of drug-likeness (QED) is 0.706. The van der Waals surface area contributed by atoms with Crippen LogP contribution in [0.4, 0.5) is 5.82 Å². The van der Waals surface area contributed by atoms with E-state index in [9.17, 15) is 4.79 Å². The summed E-state index contributed by atoms with van der Waals surface area (Å²) in [5.74, 6) is 1.39. The van der Waals surface area contributed by atoms with Crippen molar-refractivity contribution in [2.24, 2.45) is 5.92 Å². The van der Waals surface area contributed by atoms with Gasteiger partial charge >= 0.3 is 0 Å². The van der Waals surface area contributed by atoms with Gasteiger partial charge in [0, 0.05) is 37.8 Å². The number of halogens is 1. The van der Waals surface area contributed by atoms with Crippen LogP contribution in [0.15, 0.2) is 28.8 Å². The third-order valence-electron chi connectivity index (χ3n) is 4.71. The van der Waals surface area contributed by atoms with Crippen LogP contribution in [0.3, 0.4) is 0 Å². The number of ether oxygens (including phenoxy) is 1. The van der Waals surface area contributed by atoms with Crippen LogP contribution in [0, 0.1) is 5.92 Å². The summed E-state index contributed by atoms with van der Waals surface area (Å²) < 4.78 is 10.6. The number of carbonyl (C=O) groups excluding carboxylic acids is 1. The molecule has 1 aliphatic rings. The molecule has 3 rings (SSSR count). The summed E-state index contributed by atoms with van der Waals surface area (Å²) in [5, 5.41) is 7.84. The highest BCUT2D eigenvalue weighted by molar-refractivity contribution is 6.30. The number of rotatable bonds is 8. The highest BCUT2D eigenvalue weighted by Gasteiger charge is 2.29. The van der Waals surface area contributed by atoms with Crippen LogP contribution in [-0.2, 0) is 4.74 Å². The van der Waals surface area contributed by atoms with Crippen molar-refractivity contribution in [1.82, 2.24) is 10.1 Å². The van der Waals surface area contributed by atoms with E-state index in [2.05, 4.69) is 10.5 Å². The Morgan fingerprint density at radius 1 is 1.38 bits per heavy atom. The highest BCUT2D eigenvalue weighted by Crippen LogP contribution is 2.32. The minimum atomic E-state index is -0.0944. The summed E-state index contributed by atoms with van der Waals surface area (Å²) in [6.45, 7) is 1.80. The van der Waals surface area contributed by atoms with Gasteiger partial charge in [-0.25, -0.2) is 0 Å². The first-order chi connectivity index (χ1) is 12.6. The van der Waals surface area contributed by atoms with Crippen molar-refractivity contribution in [3.63, 3.8) is 0 Å². The summed E-state index contributed by atoms with van der Waals surface area (Å²) in [4.78, 5) is 14.9. The van der Waals surface area contributed by atoms with Crippen LogP contribution in [0.25, 0.3) is 11.3 Å². The molecular weight excluding hydrogens is 354 g/mol. The van der Waals surface area contributed by atoms with Crippen molar-refractivity contribution in [2.75, 3.05) is 39.2 Å². The van der Waals surface area contributed by atoms with E-state index in [4.69, 9.17) is 20.9 Å². The Morgan fingerprint density at radius 2 is 2.12 bits per heavy atom. The van der Waals surface area contributed by atoms with Gasteiger partial charge in [0.1, 0.15) is 5.56 Å². The molecule has 1 saturated carbocycles. The van der Waals surface area contributed by atoms with Crippen LogP contribution in [0.2, 0.25) is 5.02 Å². The Morgan fingerprint density at radius 3 is 2.73 bits per heavy atom. The van der Waals surface area contributed by atoms with E-state index in [1.807, 2.05) is 19.2 Å². The molecule has 1 N–H and O–H groups in total. The number of nitrogens with one attached hydrogen (secondary N) is 1. The molecule has 0 aliphatic heterocycles. The largest absolute Gasteiger partial charge is 0.383 e. The molecule has 26 heavy (non-hydrogen) atoms. The summed E-state index contributed by atoms with van der Waals surface area (Å²) in [6.07, 6.45) is 3.62. The van der Waals surface area contributed by atoms with Gasteiger partial charge in [-0.05, 0) is 43.0 Å². The Labute approximate surface area is 158 Å². The number of benzene rings is 1. The van der Waals surface area contributed by atoms with Gasteiger partial charge in [0.25, 0.3) is 5.91 Å². The van der Waals surface area contributed by atoms with Gasteiger partial charge in [-0.15, -0.1) is 0 Å². The first-order valence-electron chi connectivity index (χ1n) is 8.84. The van der Waals surface area contributed by atoms with E-state index in [0.29, 0.717) is 41.2 Å². The Balaban J connectivity index is 1.88. The topological polar surface area (TPSA) is 67.6 Å². The van der Waals surface area contributed by atoms with Crippen molar-refractivity contribution < 1.29 is 14.1 Å². The maximum absolute atomic E-state index is 13.1. The lowest BCUT2D eigenvalue weighted by molar-refractivity contribution is 0.0746. The lowest BCUT2D eigenvalue weighted by atomic mass is 9.85. The van der Waals surface area contributed by atoms with Gasteiger partial charge in [-0.2, -0.15) is 0 Å².